The van der Waals surface area contributed by atoms with Crippen LogP contribution in [0.2, 0.25) is 0 Å². The zero-order chi connectivity index (χ0) is 51.8. The van der Waals surface area contributed by atoms with Crippen molar-refractivity contribution in [2.75, 3.05) is 40.3 Å². The standard InChI is InChI=1S/C30H34F26N2O6/c1-15(59)63-17(11-19(31,32)21(35,36)23(39,40)25(43,44)27(47,48)29(51,52)53)13-57(3,61)9-7-5-6-8-10-58(4,62)14-18(64-16(2)60)12-20(33,34)22(37,38)24(41,42)26(45,46)28(49,50)30(54,55)56/h17-18H,5-14H2,1-4H3. The predicted molar refractivity (Wildman–Crippen MR) is 159 cm³/mol. The molecule has 0 rings (SSSR count). The number of carbonyl (C=O) groups is 2. The Morgan fingerprint density at radius 2 is 0.625 bits per heavy atom. The van der Waals surface area contributed by atoms with Gasteiger partial charge in [-0.1, -0.05) is 0 Å². The van der Waals surface area contributed by atoms with Gasteiger partial charge in [0, 0.05) is 13.8 Å². The van der Waals surface area contributed by atoms with E-state index >= 15 is 0 Å². The molecule has 0 aromatic carbocycles. The lowest BCUT2D eigenvalue weighted by molar-refractivity contribution is -0.865. The molecule has 0 amide bonds. The van der Waals surface area contributed by atoms with Gasteiger partial charge in [0.15, 0.2) is 12.2 Å². The summed E-state index contributed by atoms with van der Waals surface area (Å²) in [7, 11) is 0.969. The zero-order valence-corrected chi connectivity index (χ0v) is 32.4. The highest BCUT2D eigenvalue weighted by Crippen LogP contribution is 2.62. The normalized spacial score (nSPS) is 17.9. The molecule has 0 fully saturated rings. The number of alkyl halides is 26. The third kappa shape index (κ3) is 12.5. The Kier molecular flexibility index (Phi) is 18.0. The smallest absolute Gasteiger partial charge is 0.460 e. The van der Waals surface area contributed by atoms with Gasteiger partial charge in [0.2, 0.25) is 0 Å². The molecule has 4 atom stereocenters. The lowest BCUT2D eigenvalue weighted by Crippen LogP contribution is -2.70. The number of quaternary nitrogens is 2. The van der Waals surface area contributed by atoms with Gasteiger partial charge in [-0.05, 0) is 25.7 Å². The number of hydrogen-bond donors (Lipinski definition) is 0. The number of hydroxylamine groups is 6. The molecule has 0 bridgehead atoms. The van der Waals surface area contributed by atoms with Crippen LogP contribution >= 0.6 is 0 Å². The molecule has 34 heteroatoms. The summed E-state index contributed by atoms with van der Waals surface area (Å²) in [6, 6.07) is 0. The summed E-state index contributed by atoms with van der Waals surface area (Å²) in [6.07, 6.45) is -29.1. The summed E-state index contributed by atoms with van der Waals surface area (Å²) in [5, 5.41) is 25.7. The largest absolute Gasteiger partial charge is 0.633 e. The molecule has 0 heterocycles. The first kappa shape index (κ1) is 61.0. The first-order valence-electron chi connectivity index (χ1n) is 17.1. The molecule has 0 aliphatic carbocycles. The van der Waals surface area contributed by atoms with Gasteiger partial charge >= 0.3 is 83.5 Å². The Morgan fingerprint density at radius 1 is 0.406 bits per heavy atom. The minimum atomic E-state index is -8.25. The van der Waals surface area contributed by atoms with Gasteiger partial charge in [-0.15, -0.1) is 0 Å². The van der Waals surface area contributed by atoms with E-state index in [1.54, 1.807) is 0 Å². The van der Waals surface area contributed by atoms with Crippen LogP contribution in [0, 0.1) is 10.4 Å². The van der Waals surface area contributed by atoms with E-state index in [0.29, 0.717) is 27.9 Å². The third-order valence-electron chi connectivity index (χ3n) is 8.82. The fraction of sp³-hybridized carbons (Fsp3) is 0.933. The van der Waals surface area contributed by atoms with E-state index in [-0.39, 0.29) is 12.8 Å². The van der Waals surface area contributed by atoms with E-state index in [1.807, 2.05) is 0 Å². The van der Waals surface area contributed by atoms with Crippen molar-refractivity contribution >= 4 is 11.9 Å². The first-order chi connectivity index (χ1) is 27.7. The lowest BCUT2D eigenvalue weighted by atomic mass is 9.91. The quantitative estimate of drug-likeness (QED) is 0.0297. The minimum absolute atomic E-state index is 0.305. The number of nitrogens with zero attached hydrogens (tertiary/aromatic N) is 2. The van der Waals surface area contributed by atoms with Crippen molar-refractivity contribution in [2.45, 2.75) is 136 Å². The Morgan fingerprint density at radius 3 is 0.828 bits per heavy atom. The summed E-state index contributed by atoms with van der Waals surface area (Å²) >= 11 is 0. The maximum absolute atomic E-state index is 14.5. The fourth-order valence-electron chi connectivity index (χ4n) is 5.48. The number of esters is 2. The summed E-state index contributed by atoms with van der Waals surface area (Å²) in [6.45, 7) is -4.48. The highest BCUT2D eigenvalue weighted by atomic mass is 19.4. The summed E-state index contributed by atoms with van der Waals surface area (Å²) in [5.41, 5.74) is 0. The van der Waals surface area contributed by atoms with Crippen LogP contribution in [0.4, 0.5) is 114 Å². The molecule has 8 nitrogen and oxygen atoms in total. The zero-order valence-electron chi connectivity index (χ0n) is 32.4. The Balaban J connectivity index is 5.90. The van der Waals surface area contributed by atoms with Crippen LogP contribution in [0.1, 0.15) is 52.4 Å². The van der Waals surface area contributed by atoms with Crippen LogP contribution in [0.25, 0.3) is 0 Å². The molecule has 64 heavy (non-hydrogen) atoms. The van der Waals surface area contributed by atoms with Crippen molar-refractivity contribution in [2.24, 2.45) is 0 Å². The van der Waals surface area contributed by atoms with Gasteiger partial charge in [-0.25, -0.2) is 0 Å². The second kappa shape index (κ2) is 18.9. The van der Waals surface area contributed by atoms with Crippen LogP contribution in [-0.4, -0.2) is 145 Å². The van der Waals surface area contributed by atoms with Crippen molar-refractivity contribution in [3.8, 4) is 0 Å². The van der Waals surface area contributed by atoms with Crippen LogP contribution in [-0.2, 0) is 19.1 Å². The van der Waals surface area contributed by atoms with Gasteiger partial charge in [-0.2, -0.15) is 114 Å². The van der Waals surface area contributed by atoms with Crippen LogP contribution in [0.5, 0.6) is 0 Å². The van der Waals surface area contributed by atoms with Gasteiger partial charge in [0.1, 0.15) is 13.1 Å². The molecule has 0 aromatic rings. The second-order valence-electron chi connectivity index (χ2n) is 14.7. The van der Waals surface area contributed by atoms with Crippen LogP contribution in [0.3, 0.4) is 0 Å². The molecule has 0 saturated carbocycles. The van der Waals surface area contributed by atoms with Gasteiger partial charge in [0.05, 0.1) is 40.0 Å². The van der Waals surface area contributed by atoms with Gasteiger partial charge in [-0.3, -0.25) is 9.59 Å². The molecule has 382 valence electrons. The number of likely N-dealkylation sites (N-methyl/N-ethyl adjacent to an activating group) is 2. The predicted octanol–water partition coefficient (Wildman–Crippen LogP) is 10.6. The van der Waals surface area contributed by atoms with Crippen molar-refractivity contribution in [1.29, 1.82) is 0 Å². The second-order valence-corrected chi connectivity index (χ2v) is 14.7. The van der Waals surface area contributed by atoms with Crippen molar-refractivity contribution in [3.63, 3.8) is 0 Å². The average Bonchev–Trinajstić information content (AvgIpc) is 3.02. The molecule has 4 unspecified atom stereocenters. The van der Waals surface area contributed by atoms with E-state index in [2.05, 4.69) is 9.47 Å². The molecule has 0 radical (unpaired) electrons. The van der Waals surface area contributed by atoms with Crippen LogP contribution in [0.15, 0.2) is 0 Å². The number of ether oxygens (including phenoxy) is 2. The first-order valence-corrected chi connectivity index (χ1v) is 17.1. The number of hydrogen-bond acceptors (Lipinski definition) is 6. The third-order valence-corrected chi connectivity index (χ3v) is 8.82. The highest BCUT2D eigenvalue weighted by Gasteiger charge is 2.92. The summed E-state index contributed by atoms with van der Waals surface area (Å²) in [4.78, 5) is 22.7. The molecule has 0 aromatic heterocycles. The fourth-order valence-corrected chi connectivity index (χ4v) is 5.48. The molecule has 0 N–H and O–H groups in total. The highest BCUT2D eigenvalue weighted by molar-refractivity contribution is 5.66. The minimum Gasteiger partial charge on any atom is -0.633 e. The van der Waals surface area contributed by atoms with Crippen LogP contribution < -0.4 is 0 Å². The summed E-state index contributed by atoms with van der Waals surface area (Å²) < 4.78 is 356. The monoisotopic (exact) mass is 1010 g/mol. The van der Waals surface area contributed by atoms with Gasteiger partial charge < -0.3 is 29.2 Å². The number of rotatable bonds is 25. The Bertz CT molecular complexity index is 1470. The van der Waals surface area contributed by atoms with Crippen molar-refractivity contribution < 1.29 is 143 Å². The SMILES string of the molecule is CC(=O)OC(CC(F)(F)C(F)(F)C(F)(F)C(F)(F)C(F)(F)C(F)(F)F)C[N+](C)([O-])CCCCCC[N+](C)([O-])CC(CC(F)(F)C(F)(F)C(F)(F)C(F)(F)C(F)(F)C(F)(F)F)OC(C)=O. The lowest BCUT2D eigenvalue weighted by Gasteiger charge is -2.43. The molecule has 0 saturated heterocycles. The molecule has 0 aliphatic rings. The molecule has 0 aliphatic heterocycles. The Labute approximate surface area is 342 Å². The van der Waals surface area contributed by atoms with E-state index in [9.17, 15) is 134 Å². The van der Waals surface area contributed by atoms with Crippen molar-refractivity contribution in [1.82, 2.24) is 0 Å². The number of carbonyl (C=O) groups excluding carboxylic acids is 2. The topological polar surface area (TPSA) is 98.7 Å². The molecule has 0 spiro atoms. The summed E-state index contributed by atoms with van der Waals surface area (Å²) in [5.74, 6) is -81.5. The van der Waals surface area contributed by atoms with E-state index in [1.165, 1.54) is 0 Å². The van der Waals surface area contributed by atoms with E-state index in [0.717, 1.165) is 0 Å². The van der Waals surface area contributed by atoms with E-state index < -0.39 is 157 Å². The van der Waals surface area contributed by atoms with E-state index in [4.69, 9.17) is 0 Å². The van der Waals surface area contributed by atoms with Crippen molar-refractivity contribution in [3.05, 3.63) is 10.4 Å². The van der Waals surface area contributed by atoms with Gasteiger partial charge in [0.25, 0.3) is 0 Å². The maximum Gasteiger partial charge on any atom is 0.460 e. The Hall–Kier alpha value is -3.04. The molecular formula is C30H34F26N2O6. The number of unbranched alkanes of at least 4 members (excludes halogenated alkanes) is 3. The maximum atomic E-state index is 14.5. The number of halogens is 26. The average molecular weight is 1010 g/mol. The molecular weight excluding hydrogens is 978 g/mol.